The molecule has 1 aliphatic rings. The Morgan fingerprint density at radius 3 is 2.43 bits per heavy atom. The summed E-state index contributed by atoms with van der Waals surface area (Å²) in [7, 11) is 0. The molecule has 4 heteroatoms. The van der Waals surface area contributed by atoms with Gasteiger partial charge in [0, 0.05) is 10.4 Å². The molecular formula is C19H16N2S2. The topological polar surface area (TPSA) is 38.0 Å². The Balaban J connectivity index is 1.68. The lowest BCUT2D eigenvalue weighted by Crippen LogP contribution is -2.13. The van der Waals surface area contributed by atoms with E-state index in [2.05, 4.69) is 59.2 Å². The minimum atomic E-state index is 0.142. The number of hydrogen-bond donors (Lipinski definition) is 2. The van der Waals surface area contributed by atoms with Gasteiger partial charge in [-0.25, -0.2) is 0 Å². The van der Waals surface area contributed by atoms with Crippen molar-refractivity contribution >= 4 is 28.8 Å². The van der Waals surface area contributed by atoms with Gasteiger partial charge in [-0.05, 0) is 22.6 Å². The Morgan fingerprint density at radius 1 is 0.870 bits per heavy atom. The molecule has 2 nitrogen and oxygen atoms in total. The van der Waals surface area contributed by atoms with E-state index in [0.29, 0.717) is 0 Å². The molecule has 114 valence electrons. The van der Waals surface area contributed by atoms with Crippen LogP contribution < -0.4 is 11.1 Å². The highest BCUT2D eigenvalue weighted by molar-refractivity contribution is 8.03. The van der Waals surface area contributed by atoms with Crippen molar-refractivity contribution in [3.63, 3.8) is 0 Å². The Kier molecular flexibility index (Phi) is 3.85. The predicted octanol–water partition coefficient (Wildman–Crippen LogP) is 5.04. The summed E-state index contributed by atoms with van der Waals surface area (Å²) in [4.78, 5) is 1.29. The van der Waals surface area contributed by atoms with Gasteiger partial charge in [0.2, 0.25) is 0 Å². The summed E-state index contributed by atoms with van der Waals surface area (Å²) in [5.74, 6) is 0. The van der Waals surface area contributed by atoms with E-state index in [4.69, 9.17) is 5.73 Å². The van der Waals surface area contributed by atoms with E-state index < -0.39 is 0 Å². The summed E-state index contributed by atoms with van der Waals surface area (Å²) in [6, 6.07) is 23.1. The Bertz CT molecular complexity index is 839. The molecule has 3 aromatic rings. The largest absolute Gasteiger partial charge is 0.392 e. The second-order valence-electron chi connectivity index (χ2n) is 5.31. The molecular weight excluding hydrogens is 320 g/mol. The zero-order valence-electron chi connectivity index (χ0n) is 12.4. The zero-order chi connectivity index (χ0) is 15.6. The summed E-state index contributed by atoms with van der Waals surface area (Å²) >= 11 is 3.45. The van der Waals surface area contributed by atoms with Crippen LogP contribution >= 0.6 is 23.1 Å². The molecule has 2 aromatic carbocycles. The molecule has 1 aromatic heterocycles. The van der Waals surface area contributed by atoms with E-state index in [1.165, 1.54) is 16.0 Å². The predicted molar refractivity (Wildman–Crippen MR) is 101 cm³/mol. The summed E-state index contributed by atoms with van der Waals surface area (Å²) < 4.78 is 0. The molecule has 1 unspecified atom stereocenters. The van der Waals surface area contributed by atoms with Crippen LogP contribution in [0.5, 0.6) is 0 Å². The normalized spacial score (nSPS) is 17.3. The van der Waals surface area contributed by atoms with Gasteiger partial charge < -0.3 is 11.1 Å². The van der Waals surface area contributed by atoms with Crippen molar-refractivity contribution in [2.45, 2.75) is 5.37 Å². The minimum Gasteiger partial charge on any atom is -0.392 e. The Labute approximate surface area is 144 Å². The summed E-state index contributed by atoms with van der Waals surface area (Å²) in [6.07, 6.45) is 0. The van der Waals surface area contributed by atoms with Crippen LogP contribution in [0.4, 0.5) is 0 Å². The molecule has 2 heterocycles. The van der Waals surface area contributed by atoms with E-state index in [-0.39, 0.29) is 5.37 Å². The number of thiophene rings is 1. The smallest absolute Gasteiger partial charge is 0.105 e. The highest BCUT2D eigenvalue weighted by atomic mass is 32.2. The quantitative estimate of drug-likeness (QED) is 0.704. The number of nitrogens with two attached hydrogens (primary N) is 1. The standard InChI is InChI=1S/C19H16N2S2/c20-18-17(13-7-2-1-3-8-13)21-19(23-18)15-10-5-4-9-14(15)16-11-6-12-22-16/h1-12,19,21H,20H2. The van der Waals surface area contributed by atoms with Gasteiger partial charge in [0.25, 0.3) is 0 Å². The SMILES string of the molecule is NC1=C(c2ccccc2)NC(c2ccccc2-c2cccs2)S1. The Hall–Kier alpha value is -2.17. The molecule has 0 spiro atoms. The van der Waals surface area contributed by atoms with Gasteiger partial charge in [-0.3, -0.25) is 0 Å². The maximum atomic E-state index is 6.29. The number of thioether (sulfide) groups is 1. The summed E-state index contributed by atoms with van der Waals surface area (Å²) in [5, 5.41) is 6.70. The van der Waals surface area contributed by atoms with E-state index in [1.807, 2.05) is 18.2 Å². The van der Waals surface area contributed by atoms with Crippen molar-refractivity contribution in [1.29, 1.82) is 0 Å². The van der Waals surface area contributed by atoms with Crippen molar-refractivity contribution in [3.05, 3.63) is 88.3 Å². The van der Waals surface area contributed by atoms with Gasteiger partial charge >= 0.3 is 0 Å². The first-order valence-electron chi connectivity index (χ1n) is 7.44. The van der Waals surface area contributed by atoms with Crippen LogP contribution in [0.25, 0.3) is 16.1 Å². The van der Waals surface area contributed by atoms with Gasteiger partial charge in [-0.1, -0.05) is 72.4 Å². The third-order valence-electron chi connectivity index (χ3n) is 3.86. The molecule has 0 aliphatic carbocycles. The molecule has 0 fully saturated rings. The second kappa shape index (κ2) is 6.14. The second-order valence-corrected chi connectivity index (χ2v) is 7.41. The molecule has 1 aliphatic heterocycles. The molecule has 0 radical (unpaired) electrons. The average molecular weight is 336 g/mol. The maximum absolute atomic E-state index is 6.29. The summed E-state index contributed by atoms with van der Waals surface area (Å²) in [5.41, 5.74) is 11.0. The van der Waals surface area contributed by atoms with Crippen LogP contribution in [-0.4, -0.2) is 0 Å². The van der Waals surface area contributed by atoms with E-state index in [1.54, 1.807) is 23.1 Å². The third kappa shape index (κ3) is 2.76. The molecule has 0 saturated carbocycles. The zero-order valence-corrected chi connectivity index (χ0v) is 14.0. The number of nitrogens with one attached hydrogen (secondary N) is 1. The lowest BCUT2D eigenvalue weighted by atomic mass is 10.1. The van der Waals surface area contributed by atoms with Crippen molar-refractivity contribution in [2.24, 2.45) is 5.73 Å². The number of rotatable bonds is 3. The van der Waals surface area contributed by atoms with E-state index in [9.17, 15) is 0 Å². The van der Waals surface area contributed by atoms with Crippen molar-refractivity contribution < 1.29 is 0 Å². The average Bonchev–Trinajstić information content (AvgIpc) is 3.25. The third-order valence-corrected chi connectivity index (χ3v) is 5.83. The molecule has 4 rings (SSSR count). The van der Waals surface area contributed by atoms with Gasteiger partial charge in [0.1, 0.15) is 5.37 Å². The van der Waals surface area contributed by atoms with E-state index in [0.717, 1.165) is 16.3 Å². The van der Waals surface area contributed by atoms with Gasteiger partial charge in [0.05, 0.1) is 10.7 Å². The van der Waals surface area contributed by atoms with Crippen LogP contribution in [0.2, 0.25) is 0 Å². The molecule has 1 atom stereocenters. The van der Waals surface area contributed by atoms with Crippen LogP contribution in [0.1, 0.15) is 16.5 Å². The number of benzene rings is 2. The summed E-state index contributed by atoms with van der Waals surface area (Å²) in [6.45, 7) is 0. The Morgan fingerprint density at radius 2 is 1.65 bits per heavy atom. The fraction of sp³-hybridized carbons (Fsp3) is 0.0526. The van der Waals surface area contributed by atoms with E-state index >= 15 is 0 Å². The highest BCUT2D eigenvalue weighted by Gasteiger charge is 2.26. The van der Waals surface area contributed by atoms with Crippen LogP contribution in [0, 0.1) is 0 Å². The first-order chi connectivity index (χ1) is 11.3. The fourth-order valence-electron chi connectivity index (χ4n) is 2.77. The first kappa shape index (κ1) is 14.4. The van der Waals surface area contributed by atoms with Crippen molar-refractivity contribution in [1.82, 2.24) is 5.32 Å². The molecule has 0 saturated heterocycles. The minimum absolute atomic E-state index is 0.142. The molecule has 23 heavy (non-hydrogen) atoms. The van der Waals surface area contributed by atoms with Gasteiger partial charge in [0.15, 0.2) is 0 Å². The number of hydrogen-bond acceptors (Lipinski definition) is 4. The maximum Gasteiger partial charge on any atom is 0.105 e. The van der Waals surface area contributed by atoms with Gasteiger partial charge in [-0.2, -0.15) is 0 Å². The lowest BCUT2D eigenvalue weighted by Gasteiger charge is -2.16. The van der Waals surface area contributed by atoms with Crippen molar-refractivity contribution in [3.8, 4) is 10.4 Å². The fourth-order valence-corrected chi connectivity index (χ4v) is 4.60. The monoisotopic (exact) mass is 336 g/mol. The van der Waals surface area contributed by atoms with Crippen LogP contribution in [0.3, 0.4) is 0 Å². The van der Waals surface area contributed by atoms with Crippen LogP contribution in [0.15, 0.2) is 77.1 Å². The molecule has 0 bridgehead atoms. The molecule has 3 N–H and O–H groups in total. The van der Waals surface area contributed by atoms with Crippen molar-refractivity contribution in [2.75, 3.05) is 0 Å². The van der Waals surface area contributed by atoms with Crippen LogP contribution in [-0.2, 0) is 0 Å². The molecule has 0 amide bonds. The highest BCUT2D eigenvalue weighted by Crippen LogP contribution is 2.44. The lowest BCUT2D eigenvalue weighted by molar-refractivity contribution is 0.881. The first-order valence-corrected chi connectivity index (χ1v) is 9.20. The van der Waals surface area contributed by atoms with Gasteiger partial charge in [-0.15, -0.1) is 11.3 Å².